The van der Waals surface area contributed by atoms with Gasteiger partial charge in [0.15, 0.2) is 0 Å². The fourth-order valence-electron chi connectivity index (χ4n) is 1.48. The van der Waals surface area contributed by atoms with Crippen LogP contribution in [0.1, 0.15) is 25.8 Å². The quantitative estimate of drug-likeness (QED) is 0.790. The van der Waals surface area contributed by atoms with Gasteiger partial charge in [0.2, 0.25) is 10.0 Å². The summed E-state index contributed by atoms with van der Waals surface area (Å²) in [6, 6.07) is 6.80. The van der Waals surface area contributed by atoms with Crippen molar-refractivity contribution in [1.82, 2.24) is 4.72 Å². The van der Waals surface area contributed by atoms with Crippen LogP contribution in [0.15, 0.2) is 29.2 Å². The lowest BCUT2D eigenvalue weighted by atomic mass is 10.1. The van der Waals surface area contributed by atoms with Gasteiger partial charge in [0, 0.05) is 13.2 Å². The summed E-state index contributed by atoms with van der Waals surface area (Å²) in [6.07, 6.45) is 1.45. The molecule has 0 aliphatic carbocycles. The van der Waals surface area contributed by atoms with Crippen LogP contribution in [-0.4, -0.2) is 26.7 Å². The minimum absolute atomic E-state index is 0.149. The highest BCUT2D eigenvalue weighted by atomic mass is 32.2. The van der Waals surface area contributed by atoms with Crippen LogP contribution in [0.25, 0.3) is 0 Å². The summed E-state index contributed by atoms with van der Waals surface area (Å²) in [4.78, 5) is 0.288. The van der Waals surface area contributed by atoms with Crippen LogP contribution in [0, 0.1) is 5.92 Å². The van der Waals surface area contributed by atoms with Crippen molar-refractivity contribution in [2.45, 2.75) is 31.6 Å². The van der Waals surface area contributed by atoms with Crippen LogP contribution in [-0.2, 0) is 16.4 Å². The van der Waals surface area contributed by atoms with Crippen molar-refractivity contribution in [2.24, 2.45) is 5.92 Å². The van der Waals surface area contributed by atoms with Gasteiger partial charge in [-0.05, 0) is 36.5 Å². The maximum Gasteiger partial charge on any atom is 0.240 e. The van der Waals surface area contributed by atoms with Gasteiger partial charge in [-0.1, -0.05) is 26.0 Å². The van der Waals surface area contributed by atoms with E-state index < -0.39 is 10.0 Å². The highest BCUT2D eigenvalue weighted by Gasteiger charge is 2.13. The third-order valence-corrected chi connectivity index (χ3v) is 3.98. The SMILES string of the molecule is CC(C)CNS(=O)(=O)c1ccc(CCCO)cc1. The Morgan fingerprint density at radius 2 is 1.83 bits per heavy atom. The Morgan fingerprint density at radius 3 is 2.33 bits per heavy atom. The zero-order valence-corrected chi connectivity index (χ0v) is 11.7. The fourth-order valence-corrected chi connectivity index (χ4v) is 2.69. The van der Waals surface area contributed by atoms with Crippen LogP contribution in [0.5, 0.6) is 0 Å². The minimum Gasteiger partial charge on any atom is -0.396 e. The van der Waals surface area contributed by atoms with Crippen molar-refractivity contribution < 1.29 is 13.5 Å². The van der Waals surface area contributed by atoms with Gasteiger partial charge in [0.05, 0.1) is 4.90 Å². The van der Waals surface area contributed by atoms with E-state index in [1.807, 2.05) is 13.8 Å². The molecule has 18 heavy (non-hydrogen) atoms. The van der Waals surface area contributed by atoms with E-state index in [0.717, 1.165) is 12.0 Å². The molecule has 0 unspecified atom stereocenters. The van der Waals surface area contributed by atoms with Crippen molar-refractivity contribution in [2.75, 3.05) is 13.2 Å². The smallest absolute Gasteiger partial charge is 0.240 e. The normalized spacial score (nSPS) is 12.0. The number of rotatable bonds is 7. The number of hydrogen-bond donors (Lipinski definition) is 2. The van der Waals surface area contributed by atoms with Crippen LogP contribution in [0.4, 0.5) is 0 Å². The molecule has 5 heteroatoms. The average molecular weight is 271 g/mol. The van der Waals surface area contributed by atoms with E-state index in [1.165, 1.54) is 0 Å². The molecule has 1 aromatic rings. The summed E-state index contributed by atoms with van der Waals surface area (Å²) >= 11 is 0. The number of aryl methyl sites for hydroxylation is 1. The van der Waals surface area contributed by atoms with E-state index in [9.17, 15) is 8.42 Å². The number of nitrogens with one attached hydrogen (secondary N) is 1. The first-order chi connectivity index (χ1) is 8.45. The summed E-state index contributed by atoms with van der Waals surface area (Å²) in [7, 11) is -3.39. The van der Waals surface area contributed by atoms with Crippen molar-refractivity contribution in [3.8, 4) is 0 Å². The van der Waals surface area contributed by atoms with Gasteiger partial charge >= 0.3 is 0 Å². The number of aliphatic hydroxyl groups excluding tert-OH is 1. The number of benzene rings is 1. The van der Waals surface area contributed by atoms with E-state index in [2.05, 4.69) is 4.72 Å². The number of hydrogen-bond acceptors (Lipinski definition) is 3. The second kappa shape index (κ2) is 6.87. The Kier molecular flexibility index (Phi) is 5.78. The fraction of sp³-hybridized carbons (Fsp3) is 0.538. The molecule has 0 aliphatic heterocycles. The second-order valence-corrected chi connectivity index (χ2v) is 6.48. The van der Waals surface area contributed by atoms with E-state index >= 15 is 0 Å². The molecule has 0 radical (unpaired) electrons. The highest BCUT2D eigenvalue weighted by Crippen LogP contribution is 2.12. The van der Waals surface area contributed by atoms with E-state index in [4.69, 9.17) is 5.11 Å². The van der Waals surface area contributed by atoms with Crippen LogP contribution >= 0.6 is 0 Å². The molecule has 0 saturated heterocycles. The van der Waals surface area contributed by atoms with E-state index in [-0.39, 0.29) is 17.4 Å². The third kappa shape index (κ3) is 4.76. The lowest BCUT2D eigenvalue weighted by Crippen LogP contribution is -2.27. The molecular weight excluding hydrogens is 250 g/mol. The molecule has 0 atom stereocenters. The van der Waals surface area contributed by atoms with Gasteiger partial charge in [-0.2, -0.15) is 0 Å². The molecule has 0 spiro atoms. The van der Waals surface area contributed by atoms with Gasteiger partial charge < -0.3 is 5.11 Å². The molecule has 102 valence electrons. The number of sulfonamides is 1. The van der Waals surface area contributed by atoms with Crippen molar-refractivity contribution in [3.05, 3.63) is 29.8 Å². The Balaban J connectivity index is 2.71. The molecule has 0 aromatic heterocycles. The van der Waals surface area contributed by atoms with Crippen molar-refractivity contribution in [3.63, 3.8) is 0 Å². The molecule has 1 rings (SSSR count). The molecule has 0 fully saturated rings. The lowest BCUT2D eigenvalue weighted by Gasteiger charge is -2.09. The minimum atomic E-state index is -3.39. The summed E-state index contributed by atoms with van der Waals surface area (Å²) in [5, 5.41) is 8.73. The molecule has 2 N–H and O–H groups in total. The number of aliphatic hydroxyl groups is 1. The molecular formula is C13H21NO3S. The Hall–Kier alpha value is -0.910. The predicted octanol–water partition coefficient (Wildman–Crippen LogP) is 1.55. The van der Waals surface area contributed by atoms with E-state index in [1.54, 1.807) is 24.3 Å². The van der Waals surface area contributed by atoms with Crippen LogP contribution < -0.4 is 4.72 Å². The Labute approximate surface area is 109 Å². The van der Waals surface area contributed by atoms with Crippen molar-refractivity contribution in [1.29, 1.82) is 0 Å². The summed E-state index contributed by atoms with van der Waals surface area (Å²) in [6.45, 7) is 4.51. The average Bonchev–Trinajstić information content (AvgIpc) is 2.34. The van der Waals surface area contributed by atoms with Gasteiger partial charge in [0.1, 0.15) is 0 Å². The zero-order chi connectivity index (χ0) is 13.6. The van der Waals surface area contributed by atoms with Gasteiger partial charge in [0.25, 0.3) is 0 Å². The molecule has 0 aliphatic rings. The topological polar surface area (TPSA) is 66.4 Å². The van der Waals surface area contributed by atoms with Crippen molar-refractivity contribution >= 4 is 10.0 Å². The lowest BCUT2D eigenvalue weighted by molar-refractivity contribution is 0.288. The molecule has 0 saturated carbocycles. The molecule has 0 bridgehead atoms. The summed E-state index contributed by atoms with van der Waals surface area (Å²) < 4.78 is 26.4. The monoisotopic (exact) mass is 271 g/mol. The van der Waals surface area contributed by atoms with Crippen LogP contribution in [0.3, 0.4) is 0 Å². The first-order valence-electron chi connectivity index (χ1n) is 6.15. The Bertz CT molecular complexity index is 452. The van der Waals surface area contributed by atoms with Gasteiger partial charge in [-0.15, -0.1) is 0 Å². The second-order valence-electron chi connectivity index (χ2n) is 4.72. The summed E-state index contributed by atoms with van der Waals surface area (Å²) in [5.74, 6) is 0.281. The first kappa shape index (κ1) is 15.1. The van der Waals surface area contributed by atoms with E-state index in [0.29, 0.717) is 13.0 Å². The zero-order valence-electron chi connectivity index (χ0n) is 10.9. The molecule has 0 amide bonds. The highest BCUT2D eigenvalue weighted by molar-refractivity contribution is 7.89. The predicted molar refractivity (Wildman–Crippen MR) is 71.9 cm³/mol. The molecule has 1 aromatic carbocycles. The third-order valence-electron chi connectivity index (χ3n) is 2.54. The molecule has 0 heterocycles. The molecule has 4 nitrogen and oxygen atoms in total. The van der Waals surface area contributed by atoms with Gasteiger partial charge in [-0.25, -0.2) is 13.1 Å². The Morgan fingerprint density at radius 1 is 1.22 bits per heavy atom. The van der Waals surface area contributed by atoms with Crippen LogP contribution in [0.2, 0.25) is 0 Å². The first-order valence-corrected chi connectivity index (χ1v) is 7.63. The standard InChI is InChI=1S/C13H21NO3S/c1-11(2)10-14-18(16,17)13-7-5-12(6-8-13)4-3-9-15/h5-8,11,14-15H,3-4,9-10H2,1-2H3. The largest absolute Gasteiger partial charge is 0.396 e. The maximum atomic E-state index is 11.9. The maximum absolute atomic E-state index is 11.9. The van der Waals surface area contributed by atoms with Gasteiger partial charge in [-0.3, -0.25) is 0 Å². The summed E-state index contributed by atoms with van der Waals surface area (Å²) in [5.41, 5.74) is 1.03.